The summed E-state index contributed by atoms with van der Waals surface area (Å²) in [7, 11) is 0. The van der Waals surface area contributed by atoms with Crippen molar-refractivity contribution in [3.63, 3.8) is 0 Å². The van der Waals surface area contributed by atoms with Gasteiger partial charge in [-0.05, 0) is 38.7 Å². The van der Waals surface area contributed by atoms with E-state index >= 15 is 0 Å². The molecule has 0 spiro atoms. The van der Waals surface area contributed by atoms with Crippen molar-refractivity contribution in [1.29, 1.82) is 0 Å². The minimum atomic E-state index is -0.285. The third-order valence-electron chi connectivity index (χ3n) is 3.99. The fourth-order valence-corrected chi connectivity index (χ4v) is 2.72. The number of aliphatic hydroxyl groups is 1. The first-order valence-electron chi connectivity index (χ1n) is 6.96. The molecule has 5 nitrogen and oxygen atoms in total. The van der Waals surface area contributed by atoms with Crippen LogP contribution < -0.4 is 5.73 Å². The van der Waals surface area contributed by atoms with Crippen LogP contribution in [-0.2, 0) is 6.54 Å². The van der Waals surface area contributed by atoms with E-state index in [0.29, 0.717) is 30.4 Å². The van der Waals surface area contributed by atoms with Gasteiger partial charge in [0, 0.05) is 25.8 Å². The third kappa shape index (κ3) is 2.92. The number of carbonyl (C=O) groups is 1. The average Bonchev–Trinajstić information content (AvgIpc) is 2.79. The van der Waals surface area contributed by atoms with Gasteiger partial charge in [0.1, 0.15) is 5.69 Å². The predicted octanol–water partition coefficient (Wildman–Crippen LogP) is 1.32. The van der Waals surface area contributed by atoms with E-state index in [1.54, 1.807) is 12.3 Å². The molecule has 2 rings (SSSR count). The number of aromatic nitrogens is 1. The zero-order valence-electron chi connectivity index (χ0n) is 11.7. The summed E-state index contributed by atoms with van der Waals surface area (Å²) < 4.78 is 1.89. The molecular weight excluding hydrogens is 242 g/mol. The smallest absolute Gasteiger partial charge is 0.270 e. The van der Waals surface area contributed by atoms with E-state index in [2.05, 4.69) is 0 Å². The van der Waals surface area contributed by atoms with Gasteiger partial charge >= 0.3 is 0 Å². The van der Waals surface area contributed by atoms with Gasteiger partial charge in [0.15, 0.2) is 0 Å². The molecule has 1 aromatic rings. The summed E-state index contributed by atoms with van der Waals surface area (Å²) in [5, 5.41) is 9.58. The Morgan fingerprint density at radius 3 is 2.68 bits per heavy atom. The Labute approximate surface area is 114 Å². The Kier molecular flexibility index (Phi) is 4.14. The summed E-state index contributed by atoms with van der Waals surface area (Å²) in [6.07, 6.45) is 3.25. The number of anilines is 1. The molecule has 1 fully saturated rings. The van der Waals surface area contributed by atoms with E-state index < -0.39 is 0 Å². The van der Waals surface area contributed by atoms with Crippen LogP contribution in [0.15, 0.2) is 12.3 Å². The summed E-state index contributed by atoms with van der Waals surface area (Å²) in [6, 6.07) is 1.74. The second-order valence-corrected chi connectivity index (χ2v) is 5.31. The van der Waals surface area contributed by atoms with Crippen LogP contribution >= 0.6 is 0 Å². The van der Waals surface area contributed by atoms with Crippen LogP contribution in [0.5, 0.6) is 0 Å². The molecular formula is C14H23N3O2. The number of hydrogen-bond donors (Lipinski definition) is 2. The van der Waals surface area contributed by atoms with Crippen molar-refractivity contribution in [2.45, 2.75) is 39.3 Å². The van der Waals surface area contributed by atoms with E-state index in [4.69, 9.17) is 5.73 Å². The number of nitrogens with two attached hydrogens (primary N) is 1. The third-order valence-corrected chi connectivity index (χ3v) is 3.99. The van der Waals surface area contributed by atoms with E-state index in [9.17, 15) is 9.90 Å². The van der Waals surface area contributed by atoms with E-state index in [1.807, 2.05) is 23.3 Å². The van der Waals surface area contributed by atoms with E-state index in [0.717, 1.165) is 19.4 Å². The van der Waals surface area contributed by atoms with Crippen molar-refractivity contribution in [3.8, 4) is 0 Å². The largest absolute Gasteiger partial charge is 0.397 e. The van der Waals surface area contributed by atoms with Gasteiger partial charge in [0.25, 0.3) is 5.91 Å². The van der Waals surface area contributed by atoms with Crippen LogP contribution in [0, 0.1) is 5.92 Å². The molecule has 1 amide bonds. The number of piperidine rings is 1. The lowest BCUT2D eigenvalue weighted by molar-refractivity contribution is 0.0513. The number of nitrogens with zero attached hydrogens (tertiary/aromatic N) is 2. The highest BCUT2D eigenvalue weighted by Gasteiger charge is 2.27. The van der Waals surface area contributed by atoms with Crippen LogP contribution in [-0.4, -0.2) is 39.7 Å². The quantitative estimate of drug-likeness (QED) is 0.866. The van der Waals surface area contributed by atoms with Gasteiger partial charge in [-0.1, -0.05) is 0 Å². The van der Waals surface area contributed by atoms with Crippen molar-refractivity contribution in [2.75, 3.05) is 18.8 Å². The predicted molar refractivity (Wildman–Crippen MR) is 74.8 cm³/mol. The van der Waals surface area contributed by atoms with Crippen molar-refractivity contribution in [3.05, 3.63) is 18.0 Å². The van der Waals surface area contributed by atoms with Gasteiger partial charge in [0.2, 0.25) is 0 Å². The number of hydrogen-bond acceptors (Lipinski definition) is 3. The molecule has 0 saturated carbocycles. The fraction of sp³-hybridized carbons (Fsp3) is 0.643. The van der Waals surface area contributed by atoms with Crippen LogP contribution in [0.25, 0.3) is 0 Å². The molecule has 0 radical (unpaired) electrons. The lowest BCUT2D eigenvalue weighted by Crippen LogP contribution is -2.41. The van der Waals surface area contributed by atoms with Crippen LogP contribution in [0.3, 0.4) is 0 Å². The molecule has 0 aliphatic carbocycles. The van der Waals surface area contributed by atoms with Gasteiger partial charge in [0.05, 0.1) is 11.8 Å². The van der Waals surface area contributed by atoms with Crippen molar-refractivity contribution < 1.29 is 9.90 Å². The topological polar surface area (TPSA) is 71.5 Å². The molecule has 1 aromatic heterocycles. The highest BCUT2D eigenvalue weighted by molar-refractivity contribution is 5.93. The first kappa shape index (κ1) is 13.9. The molecule has 19 heavy (non-hydrogen) atoms. The minimum absolute atomic E-state index is 0.0441. The molecule has 0 bridgehead atoms. The van der Waals surface area contributed by atoms with E-state index in [-0.39, 0.29) is 12.0 Å². The summed E-state index contributed by atoms with van der Waals surface area (Å²) in [5.41, 5.74) is 7.05. The molecule has 2 heterocycles. The zero-order valence-corrected chi connectivity index (χ0v) is 11.7. The number of aryl methyl sites for hydroxylation is 1. The maximum absolute atomic E-state index is 12.5. The summed E-state index contributed by atoms with van der Waals surface area (Å²) in [6.45, 7) is 5.98. The van der Waals surface area contributed by atoms with Crippen molar-refractivity contribution in [2.24, 2.45) is 5.92 Å². The van der Waals surface area contributed by atoms with Crippen LogP contribution in [0.1, 0.15) is 37.2 Å². The molecule has 1 atom stereocenters. The molecule has 5 heteroatoms. The standard InChI is InChI=1S/C14H23N3O2/c1-3-16-9-12(15)8-13(16)14(19)17-6-4-11(5-7-17)10(2)18/h8-11,18H,3-7,15H2,1-2H3. The van der Waals surface area contributed by atoms with Gasteiger partial charge in [-0.3, -0.25) is 4.79 Å². The second-order valence-electron chi connectivity index (χ2n) is 5.31. The number of amides is 1. The fourth-order valence-electron chi connectivity index (χ4n) is 2.72. The number of carbonyl (C=O) groups excluding carboxylic acids is 1. The second kappa shape index (κ2) is 5.65. The van der Waals surface area contributed by atoms with Gasteiger partial charge in [-0.25, -0.2) is 0 Å². The Hall–Kier alpha value is -1.49. The highest BCUT2D eigenvalue weighted by atomic mass is 16.3. The average molecular weight is 265 g/mol. The van der Waals surface area contributed by atoms with E-state index in [1.165, 1.54) is 0 Å². The van der Waals surface area contributed by atoms with Crippen molar-refractivity contribution >= 4 is 11.6 Å². The van der Waals surface area contributed by atoms with Gasteiger partial charge < -0.3 is 20.3 Å². The molecule has 1 saturated heterocycles. The number of rotatable bonds is 3. The Morgan fingerprint density at radius 2 is 2.16 bits per heavy atom. The Bertz CT molecular complexity index is 446. The molecule has 1 aliphatic heterocycles. The Morgan fingerprint density at radius 1 is 1.53 bits per heavy atom. The monoisotopic (exact) mass is 265 g/mol. The maximum Gasteiger partial charge on any atom is 0.270 e. The lowest BCUT2D eigenvalue weighted by Gasteiger charge is -2.33. The zero-order chi connectivity index (χ0) is 14.0. The van der Waals surface area contributed by atoms with Gasteiger partial charge in [-0.15, -0.1) is 0 Å². The number of aliphatic hydroxyl groups excluding tert-OH is 1. The summed E-state index contributed by atoms with van der Waals surface area (Å²) in [5.74, 6) is 0.356. The first-order chi connectivity index (χ1) is 9.02. The minimum Gasteiger partial charge on any atom is -0.397 e. The van der Waals surface area contributed by atoms with Crippen LogP contribution in [0.2, 0.25) is 0 Å². The Balaban J connectivity index is 2.05. The normalized spacial score (nSPS) is 18.6. The van der Waals surface area contributed by atoms with Crippen molar-refractivity contribution in [1.82, 2.24) is 9.47 Å². The highest BCUT2D eigenvalue weighted by Crippen LogP contribution is 2.22. The number of nitrogen functional groups attached to an aromatic ring is 1. The molecule has 0 aromatic carbocycles. The SMILES string of the molecule is CCn1cc(N)cc1C(=O)N1CCC(C(C)O)CC1. The van der Waals surface area contributed by atoms with Crippen LogP contribution in [0.4, 0.5) is 5.69 Å². The molecule has 3 N–H and O–H groups in total. The number of likely N-dealkylation sites (tertiary alicyclic amines) is 1. The summed E-state index contributed by atoms with van der Waals surface area (Å²) >= 11 is 0. The molecule has 1 aliphatic rings. The summed E-state index contributed by atoms with van der Waals surface area (Å²) in [4.78, 5) is 14.3. The molecule has 106 valence electrons. The lowest BCUT2D eigenvalue weighted by atomic mass is 9.92. The first-order valence-corrected chi connectivity index (χ1v) is 6.96. The van der Waals surface area contributed by atoms with Gasteiger partial charge in [-0.2, -0.15) is 0 Å². The maximum atomic E-state index is 12.5. The molecule has 1 unspecified atom stereocenters.